The number of hydrogen-bond acceptors (Lipinski definition) is 3. The topological polar surface area (TPSA) is 67.2 Å². The van der Waals surface area contributed by atoms with Crippen molar-refractivity contribution < 1.29 is 9.59 Å². The molecule has 0 aromatic carbocycles. The highest BCUT2D eigenvalue weighted by molar-refractivity contribution is 5.92. The molecule has 1 aliphatic carbocycles. The summed E-state index contributed by atoms with van der Waals surface area (Å²) in [5.74, 6) is 0.482. The zero-order valence-corrected chi connectivity index (χ0v) is 15.0. The van der Waals surface area contributed by atoms with Gasteiger partial charge in [0.1, 0.15) is 5.69 Å². The van der Waals surface area contributed by atoms with E-state index in [2.05, 4.69) is 31.2 Å². The molecule has 0 atom stereocenters. The van der Waals surface area contributed by atoms with Gasteiger partial charge >= 0.3 is 0 Å². The minimum atomic E-state index is -0.186. The minimum Gasteiger partial charge on any atom is -0.350 e. The number of rotatable bonds is 5. The molecule has 132 valence electrons. The van der Waals surface area contributed by atoms with E-state index in [1.54, 1.807) is 0 Å². The molecule has 24 heavy (non-hydrogen) atoms. The first-order valence-corrected chi connectivity index (χ1v) is 9.02. The Kier molecular flexibility index (Phi) is 4.65. The second kappa shape index (κ2) is 6.57. The first-order chi connectivity index (χ1) is 11.4. The Morgan fingerprint density at radius 3 is 2.50 bits per heavy atom. The molecule has 1 saturated carbocycles. The van der Waals surface area contributed by atoms with Gasteiger partial charge in [0.25, 0.3) is 5.91 Å². The van der Waals surface area contributed by atoms with Crippen LogP contribution in [0.1, 0.15) is 75.0 Å². The fraction of sp³-hybridized carbons (Fsp3) is 0.722. The van der Waals surface area contributed by atoms with Crippen LogP contribution in [0.15, 0.2) is 6.07 Å². The van der Waals surface area contributed by atoms with Gasteiger partial charge in [-0.25, -0.2) is 0 Å². The number of hydrogen-bond donors (Lipinski definition) is 1. The lowest BCUT2D eigenvalue weighted by Crippen LogP contribution is -2.33. The highest BCUT2D eigenvalue weighted by atomic mass is 16.2. The van der Waals surface area contributed by atoms with Crippen molar-refractivity contribution in [1.29, 1.82) is 0 Å². The maximum absolute atomic E-state index is 12.4. The summed E-state index contributed by atoms with van der Waals surface area (Å²) >= 11 is 0. The normalized spacial score (nSPS) is 18.0. The standard InChI is InChI=1S/C18H28N4O2/c1-18(2,3)22-15(13-6-7-13)12-14(20-22)17(24)19-9-8-16(23)21-10-4-5-11-21/h12-13H,4-11H2,1-3H3,(H,19,24). The molecule has 0 radical (unpaired) electrons. The van der Waals surface area contributed by atoms with Gasteiger partial charge in [0, 0.05) is 37.7 Å². The predicted octanol–water partition coefficient (Wildman–Crippen LogP) is 2.26. The molecule has 2 heterocycles. The van der Waals surface area contributed by atoms with Crippen molar-refractivity contribution in [1.82, 2.24) is 20.0 Å². The molecule has 3 rings (SSSR count). The average Bonchev–Trinajstić information content (AvgIpc) is 3.04. The van der Waals surface area contributed by atoms with Gasteiger partial charge in [0.2, 0.25) is 5.91 Å². The first kappa shape index (κ1) is 17.0. The molecule has 0 bridgehead atoms. The Bertz CT molecular complexity index is 619. The molecule has 1 N–H and O–H groups in total. The van der Waals surface area contributed by atoms with Gasteiger partial charge in [0.15, 0.2) is 0 Å². The monoisotopic (exact) mass is 332 g/mol. The van der Waals surface area contributed by atoms with Crippen molar-refractivity contribution in [2.45, 2.75) is 64.3 Å². The van der Waals surface area contributed by atoms with E-state index in [-0.39, 0.29) is 17.4 Å². The summed E-state index contributed by atoms with van der Waals surface area (Å²) in [6, 6.07) is 1.92. The maximum atomic E-state index is 12.4. The number of nitrogens with one attached hydrogen (secondary N) is 1. The Balaban J connectivity index is 1.58. The van der Waals surface area contributed by atoms with Crippen molar-refractivity contribution in [3.63, 3.8) is 0 Å². The van der Waals surface area contributed by atoms with Crippen LogP contribution in [-0.2, 0) is 10.3 Å². The van der Waals surface area contributed by atoms with Crippen LogP contribution >= 0.6 is 0 Å². The highest BCUT2D eigenvalue weighted by Gasteiger charge is 2.32. The molecule has 1 aromatic heterocycles. The summed E-state index contributed by atoms with van der Waals surface area (Å²) in [5.41, 5.74) is 1.48. The van der Waals surface area contributed by atoms with E-state index in [0.717, 1.165) is 31.6 Å². The molecule has 0 unspecified atom stereocenters. The number of carbonyl (C=O) groups is 2. The van der Waals surface area contributed by atoms with Crippen LogP contribution in [0.2, 0.25) is 0 Å². The first-order valence-electron chi connectivity index (χ1n) is 9.02. The smallest absolute Gasteiger partial charge is 0.271 e. The summed E-state index contributed by atoms with van der Waals surface area (Å²) in [7, 11) is 0. The third-order valence-corrected chi connectivity index (χ3v) is 4.68. The molecule has 6 heteroatoms. The van der Waals surface area contributed by atoms with Crippen molar-refractivity contribution in [3.8, 4) is 0 Å². The third-order valence-electron chi connectivity index (χ3n) is 4.68. The average molecular weight is 332 g/mol. The molecule has 0 spiro atoms. The summed E-state index contributed by atoms with van der Waals surface area (Å²) in [5, 5.41) is 7.37. The van der Waals surface area contributed by atoms with Gasteiger partial charge in [-0.3, -0.25) is 14.3 Å². The van der Waals surface area contributed by atoms with Crippen LogP contribution in [-0.4, -0.2) is 46.1 Å². The van der Waals surface area contributed by atoms with Crippen molar-refractivity contribution in [3.05, 3.63) is 17.5 Å². The minimum absolute atomic E-state index is 0.131. The highest BCUT2D eigenvalue weighted by Crippen LogP contribution is 2.41. The zero-order valence-electron chi connectivity index (χ0n) is 15.0. The lowest BCUT2D eigenvalue weighted by Gasteiger charge is -2.22. The predicted molar refractivity (Wildman–Crippen MR) is 92.0 cm³/mol. The number of aromatic nitrogens is 2. The number of carbonyl (C=O) groups excluding carboxylic acids is 2. The third kappa shape index (κ3) is 3.79. The number of nitrogens with zero attached hydrogens (tertiary/aromatic N) is 3. The zero-order chi connectivity index (χ0) is 17.3. The Morgan fingerprint density at radius 1 is 1.25 bits per heavy atom. The molecule has 1 saturated heterocycles. The summed E-state index contributed by atoms with van der Waals surface area (Å²) < 4.78 is 1.98. The van der Waals surface area contributed by atoms with Gasteiger partial charge < -0.3 is 10.2 Å². The van der Waals surface area contributed by atoms with Gasteiger partial charge in [-0.15, -0.1) is 0 Å². The van der Waals surface area contributed by atoms with Crippen LogP contribution in [0.4, 0.5) is 0 Å². The van der Waals surface area contributed by atoms with Crippen molar-refractivity contribution in [2.24, 2.45) is 0 Å². The van der Waals surface area contributed by atoms with Crippen LogP contribution in [0, 0.1) is 0 Å². The molecular weight excluding hydrogens is 304 g/mol. The fourth-order valence-electron chi connectivity index (χ4n) is 3.21. The van der Waals surface area contributed by atoms with Crippen molar-refractivity contribution >= 4 is 11.8 Å². The lowest BCUT2D eigenvalue weighted by molar-refractivity contribution is -0.129. The van der Waals surface area contributed by atoms with Crippen LogP contribution in [0.3, 0.4) is 0 Å². The second-order valence-corrected chi connectivity index (χ2v) is 7.91. The van der Waals surface area contributed by atoms with Gasteiger partial charge in [-0.2, -0.15) is 5.10 Å². The van der Waals surface area contributed by atoms with E-state index in [4.69, 9.17) is 0 Å². The number of likely N-dealkylation sites (tertiary alicyclic amines) is 1. The van der Waals surface area contributed by atoms with Crippen LogP contribution in [0.25, 0.3) is 0 Å². The molecule has 1 aliphatic heterocycles. The van der Waals surface area contributed by atoms with E-state index in [9.17, 15) is 9.59 Å². The molecule has 2 amide bonds. The summed E-state index contributed by atoms with van der Waals surface area (Å²) in [4.78, 5) is 26.3. The molecular formula is C18H28N4O2. The lowest BCUT2D eigenvalue weighted by atomic mass is 10.1. The van der Waals surface area contributed by atoms with Gasteiger partial charge in [0.05, 0.1) is 5.54 Å². The van der Waals surface area contributed by atoms with Crippen molar-refractivity contribution in [2.75, 3.05) is 19.6 Å². The summed E-state index contributed by atoms with van der Waals surface area (Å²) in [6.45, 7) is 8.38. The largest absolute Gasteiger partial charge is 0.350 e. The molecule has 2 fully saturated rings. The quantitative estimate of drug-likeness (QED) is 0.899. The SMILES string of the molecule is CC(C)(C)n1nc(C(=O)NCCC(=O)N2CCCC2)cc1C1CC1. The second-order valence-electron chi connectivity index (χ2n) is 7.91. The van der Waals surface area contributed by atoms with Gasteiger partial charge in [-0.05, 0) is 52.5 Å². The molecule has 6 nitrogen and oxygen atoms in total. The Hall–Kier alpha value is -1.85. The Labute approximate surface area is 143 Å². The molecule has 2 aliphatic rings. The van der Waals surface area contributed by atoms with E-state index in [1.807, 2.05) is 15.6 Å². The molecule has 1 aromatic rings. The van der Waals surface area contributed by atoms with E-state index < -0.39 is 0 Å². The van der Waals surface area contributed by atoms with E-state index in [0.29, 0.717) is 24.6 Å². The summed E-state index contributed by atoms with van der Waals surface area (Å²) in [6.07, 6.45) is 4.89. The van der Waals surface area contributed by atoms with Gasteiger partial charge in [-0.1, -0.05) is 0 Å². The van der Waals surface area contributed by atoms with E-state index >= 15 is 0 Å². The fourth-order valence-corrected chi connectivity index (χ4v) is 3.21. The maximum Gasteiger partial charge on any atom is 0.271 e. The van der Waals surface area contributed by atoms with E-state index in [1.165, 1.54) is 12.8 Å². The number of amides is 2. The van der Waals surface area contributed by atoms with Crippen LogP contribution in [0.5, 0.6) is 0 Å². The Morgan fingerprint density at radius 2 is 1.92 bits per heavy atom. The van der Waals surface area contributed by atoms with Crippen LogP contribution < -0.4 is 5.32 Å².